The molecular weight excluding hydrogens is 382 g/mol. The van der Waals surface area contributed by atoms with Crippen LogP contribution in [-0.2, 0) is 11.3 Å². The number of piperidine rings is 1. The average Bonchev–Trinajstić information content (AvgIpc) is 3.46. The van der Waals surface area contributed by atoms with Crippen LogP contribution in [0.4, 0.5) is 5.95 Å². The van der Waals surface area contributed by atoms with Gasteiger partial charge in [0.25, 0.3) is 0 Å². The topological polar surface area (TPSA) is 80.7 Å². The van der Waals surface area contributed by atoms with Gasteiger partial charge in [-0.05, 0) is 45.0 Å². The number of likely N-dealkylation sites (tertiary alicyclic amines) is 1. The second-order valence-electron chi connectivity index (χ2n) is 8.03. The molecule has 2 saturated heterocycles. The van der Waals surface area contributed by atoms with Crippen LogP contribution in [0.1, 0.15) is 35.9 Å². The Hall–Kier alpha value is -2.71. The van der Waals surface area contributed by atoms with Crippen molar-refractivity contribution in [1.29, 1.82) is 0 Å². The van der Waals surface area contributed by atoms with Crippen LogP contribution >= 0.6 is 0 Å². The first-order chi connectivity index (χ1) is 14.8. The summed E-state index contributed by atoms with van der Waals surface area (Å²) in [5, 5.41) is 4.07. The van der Waals surface area contributed by atoms with E-state index in [1.165, 1.54) is 0 Å². The summed E-state index contributed by atoms with van der Waals surface area (Å²) in [4.78, 5) is 14.3. The van der Waals surface area contributed by atoms with Crippen molar-refractivity contribution in [3.63, 3.8) is 0 Å². The first-order valence-electron chi connectivity index (χ1n) is 10.6. The van der Waals surface area contributed by atoms with Crippen LogP contribution in [0, 0.1) is 6.92 Å². The number of hydrogen-bond acceptors (Lipinski definition) is 8. The molecule has 3 aromatic rings. The fraction of sp³-hybridized carbons (Fsp3) is 0.500. The highest BCUT2D eigenvalue weighted by molar-refractivity contribution is 5.61. The number of morpholine rings is 1. The molecule has 30 heavy (non-hydrogen) atoms. The zero-order valence-corrected chi connectivity index (χ0v) is 17.3. The lowest BCUT2D eigenvalue weighted by Gasteiger charge is -2.32. The maximum atomic E-state index is 5.57. The predicted octanol–water partition coefficient (Wildman–Crippen LogP) is 3.25. The van der Waals surface area contributed by atoms with Gasteiger partial charge in [-0.3, -0.25) is 4.90 Å². The molecule has 0 atom stereocenters. The highest BCUT2D eigenvalue weighted by Gasteiger charge is 2.27. The van der Waals surface area contributed by atoms with Crippen molar-refractivity contribution in [1.82, 2.24) is 20.0 Å². The number of nitrogens with zero attached hydrogens (tertiary/aromatic N) is 5. The molecule has 0 saturated carbocycles. The zero-order chi connectivity index (χ0) is 20.3. The number of anilines is 1. The minimum Gasteiger partial charge on any atom is -0.468 e. The van der Waals surface area contributed by atoms with Gasteiger partial charge in [-0.1, -0.05) is 5.16 Å². The van der Waals surface area contributed by atoms with Gasteiger partial charge in [-0.15, -0.1) is 0 Å². The standard InChI is InChI=1S/C22H27N5O3/c1-16-13-20(30-25-16)19-14-23-22(27-8-11-28-12-9-27)24-21(19)17-4-6-26(7-5-17)15-18-3-2-10-29-18/h2-3,10,13-14,17H,4-9,11-12,15H2,1H3. The largest absolute Gasteiger partial charge is 0.468 e. The van der Waals surface area contributed by atoms with Gasteiger partial charge in [-0.25, -0.2) is 9.97 Å². The van der Waals surface area contributed by atoms with E-state index in [4.69, 9.17) is 18.7 Å². The van der Waals surface area contributed by atoms with Crippen LogP contribution in [0.2, 0.25) is 0 Å². The van der Waals surface area contributed by atoms with Crippen LogP contribution in [0.3, 0.4) is 0 Å². The third-order valence-corrected chi connectivity index (χ3v) is 5.93. The van der Waals surface area contributed by atoms with E-state index in [0.29, 0.717) is 19.1 Å². The SMILES string of the molecule is Cc1cc(-c2cnc(N3CCOCC3)nc2C2CCN(Cc3ccco3)CC2)on1. The molecule has 0 amide bonds. The number of ether oxygens (including phenoxy) is 1. The Morgan fingerprint density at radius 1 is 1.13 bits per heavy atom. The third kappa shape index (κ3) is 4.11. The average molecular weight is 409 g/mol. The van der Waals surface area contributed by atoms with Crippen LogP contribution in [0.25, 0.3) is 11.3 Å². The fourth-order valence-electron chi connectivity index (χ4n) is 4.28. The lowest BCUT2D eigenvalue weighted by molar-refractivity contribution is 0.122. The molecule has 0 radical (unpaired) electrons. The van der Waals surface area contributed by atoms with Crippen LogP contribution < -0.4 is 4.90 Å². The van der Waals surface area contributed by atoms with Crippen LogP contribution in [0.5, 0.6) is 0 Å². The van der Waals surface area contributed by atoms with Crippen LogP contribution in [-0.4, -0.2) is 59.4 Å². The van der Waals surface area contributed by atoms with Crippen molar-refractivity contribution in [3.8, 4) is 11.3 Å². The number of rotatable bonds is 5. The fourth-order valence-corrected chi connectivity index (χ4v) is 4.28. The molecule has 158 valence electrons. The molecule has 0 N–H and O–H groups in total. The van der Waals surface area contributed by atoms with Crippen molar-refractivity contribution < 1.29 is 13.7 Å². The normalized spacial score (nSPS) is 18.8. The molecule has 5 rings (SSSR count). The molecule has 8 heteroatoms. The molecule has 0 bridgehead atoms. The Bertz CT molecular complexity index is 957. The number of aryl methyl sites for hydroxylation is 1. The van der Waals surface area contributed by atoms with E-state index in [1.54, 1.807) is 6.26 Å². The van der Waals surface area contributed by atoms with Gasteiger partial charge in [0.05, 0.1) is 43.0 Å². The van der Waals surface area contributed by atoms with Crippen LogP contribution in [0.15, 0.2) is 39.6 Å². The van der Waals surface area contributed by atoms with E-state index in [1.807, 2.05) is 31.3 Å². The maximum Gasteiger partial charge on any atom is 0.225 e. The molecule has 2 aliphatic rings. The summed E-state index contributed by atoms with van der Waals surface area (Å²) in [6.45, 7) is 7.89. The van der Waals surface area contributed by atoms with Crippen molar-refractivity contribution >= 4 is 5.95 Å². The first-order valence-corrected chi connectivity index (χ1v) is 10.6. The van der Waals surface area contributed by atoms with Gasteiger partial charge in [0.1, 0.15) is 5.76 Å². The summed E-state index contributed by atoms with van der Waals surface area (Å²) in [6.07, 6.45) is 5.73. The van der Waals surface area contributed by atoms with E-state index in [2.05, 4.69) is 19.9 Å². The Morgan fingerprint density at radius 3 is 2.67 bits per heavy atom. The number of aromatic nitrogens is 3. The predicted molar refractivity (Wildman–Crippen MR) is 111 cm³/mol. The van der Waals surface area contributed by atoms with Gasteiger partial charge < -0.3 is 18.6 Å². The second kappa shape index (κ2) is 8.57. The molecule has 0 unspecified atom stereocenters. The van der Waals surface area contributed by atoms with Gasteiger partial charge >= 0.3 is 0 Å². The first kappa shape index (κ1) is 19.3. The third-order valence-electron chi connectivity index (χ3n) is 5.93. The lowest BCUT2D eigenvalue weighted by Crippen LogP contribution is -2.38. The molecular formula is C22H27N5O3. The Kier molecular flexibility index (Phi) is 5.50. The molecule has 0 aromatic carbocycles. The van der Waals surface area contributed by atoms with Crippen molar-refractivity contribution in [2.45, 2.75) is 32.2 Å². The smallest absolute Gasteiger partial charge is 0.225 e. The van der Waals surface area contributed by atoms with E-state index < -0.39 is 0 Å². The summed E-state index contributed by atoms with van der Waals surface area (Å²) in [5.41, 5.74) is 2.89. The highest BCUT2D eigenvalue weighted by atomic mass is 16.5. The summed E-state index contributed by atoms with van der Waals surface area (Å²) in [7, 11) is 0. The van der Waals surface area contributed by atoms with Crippen molar-refractivity contribution in [2.75, 3.05) is 44.3 Å². The number of hydrogen-bond donors (Lipinski definition) is 0. The monoisotopic (exact) mass is 409 g/mol. The summed E-state index contributed by atoms with van der Waals surface area (Å²) >= 11 is 0. The number of furan rings is 1. The van der Waals surface area contributed by atoms with E-state index >= 15 is 0 Å². The van der Waals surface area contributed by atoms with Gasteiger partial charge in [0.15, 0.2) is 5.76 Å². The maximum absolute atomic E-state index is 5.57. The summed E-state index contributed by atoms with van der Waals surface area (Å²) < 4.78 is 16.6. The molecule has 0 spiro atoms. The lowest BCUT2D eigenvalue weighted by atomic mass is 9.90. The molecule has 5 heterocycles. The molecule has 3 aromatic heterocycles. The minimum absolute atomic E-state index is 0.362. The summed E-state index contributed by atoms with van der Waals surface area (Å²) in [5.74, 6) is 2.91. The Balaban J connectivity index is 1.38. The Labute approximate surface area is 175 Å². The van der Waals surface area contributed by atoms with E-state index in [0.717, 1.165) is 80.0 Å². The van der Waals surface area contributed by atoms with E-state index in [-0.39, 0.29) is 0 Å². The Morgan fingerprint density at radius 2 is 1.97 bits per heavy atom. The van der Waals surface area contributed by atoms with Gasteiger partial charge in [0, 0.05) is 31.3 Å². The van der Waals surface area contributed by atoms with E-state index in [9.17, 15) is 0 Å². The highest BCUT2D eigenvalue weighted by Crippen LogP contribution is 2.35. The molecule has 2 fully saturated rings. The summed E-state index contributed by atoms with van der Waals surface area (Å²) in [6, 6.07) is 5.94. The van der Waals surface area contributed by atoms with Crippen molar-refractivity contribution in [2.24, 2.45) is 0 Å². The van der Waals surface area contributed by atoms with Crippen molar-refractivity contribution in [3.05, 3.63) is 47.8 Å². The second-order valence-corrected chi connectivity index (χ2v) is 8.03. The molecule has 0 aliphatic carbocycles. The molecule has 2 aliphatic heterocycles. The minimum atomic E-state index is 0.362. The zero-order valence-electron chi connectivity index (χ0n) is 17.3. The quantitative estimate of drug-likeness (QED) is 0.635. The molecule has 8 nitrogen and oxygen atoms in total. The van der Waals surface area contributed by atoms with Gasteiger partial charge in [0.2, 0.25) is 5.95 Å². The van der Waals surface area contributed by atoms with Gasteiger partial charge in [-0.2, -0.15) is 0 Å².